The van der Waals surface area contributed by atoms with Gasteiger partial charge in [0.25, 0.3) is 17.7 Å². The average Bonchev–Trinajstić information content (AvgIpc) is 3.73. The fourth-order valence-electron chi connectivity index (χ4n) is 7.38. The quantitative estimate of drug-likeness (QED) is 0.142. The van der Waals surface area contributed by atoms with Gasteiger partial charge in [0.15, 0.2) is 5.82 Å². The van der Waals surface area contributed by atoms with Crippen molar-refractivity contribution in [2.24, 2.45) is 4.99 Å². The van der Waals surface area contributed by atoms with Crippen molar-refractivity contribution < 1.29 is 28.8 Å². The summed E-state index contributed by atoms with van der Waals surface area (Å²) in [7, 11) is 0. The Morgan fingerprint density at radius 2 is 1.72 bits per heavy atom. The fourth-order valence-corrected chi connectivity index (χ4v) is 8.79. The molecule has 54 heavy (non-hydrogen) atoms. The molecule has 7 rings (SSSR count). The lowest BCUT2D eigenvalue weighted by Crippen LogP contribution is -2.54. The minimum atomic E-state index is -1.00. The van der Waals surface area contributed by atoms with Crippen LogP contribution in [0.1, 0.15) is 122 Å². The minimum Gasteiger partial charge on any atom is -0.351 e. The van der Waals surface area contributed by atoms with E-state index in [-0.39, 0.29) is 36.5 Å². The number of benzene rings is 2. The van der Waals surface area contributed by atoms with Crippen molar-refractivity contribution in [3.8, 4) is 5.00 Å². The number of imide groups is 2. The third kappa shape index (κ3) is 6.91. The predicted molar refractivity (Wildman–Crippen MR) is 201 cm³/mol. The van der Waals surface area contributed by atoms with Crippen LogP contribution in [0.3, 0.4) is 0 Å². The number of nitrogens with one attached hydrogen (secondary N) is 2. The van der Waals surface area contributed by atoms with Crippen molar-refractivity contribution in [1.29, 1.82) is 0 Å². The highest BCUT2D eigenvalue weighted by Gasteiger charge is 2.45. The lowest BCUT2D eigenvalue weighted by molar-refractivity contribution is -0.136. The van der Waals surface area contributed by atoms with Gasteiger partial charge in [0, 0.05) is 35.5 Å². The van der Waals surface area contributed by atoms with E-state index in [4.69, 9.17) is 16.6 Å². The molecule has 278 valence electrons. The Morgan fingerprint density at radius 3 is 2.46 bits per heavy atom. The number of carbonyl (C=O) groups excluding carboxylic acids is 6. The lowest BCUT2D eigenvalue weighted by atomic mass is 9.97. The number of fused-ring (bicyclic) bond motifs is 4. The molecule has 0 saturated carbocycles. The van der Waals surface area contributed by atoms with Crippen molar-refractivity contribution in [1.82, 2.24) is 30.3 Å². The first-order valence-corrected chi connectivity index (χ1v) is 19.1. The molecule has 4 aromatic rings. The Morgan fingerprint density at radius 1 is 0.963 bits per heavy atom. The van der Waals surface area contributed by atoms with E-state index in [0.717, 1.165) is 57.8 Å². The SMILES string of the molecule is CC(=O)C[C@@H]1N=C(c2ccc(Cl)cc2)c2c(sc(C(=O)NCCCCCCc3cccc4c3C(=O)N(C3CCC(=O)NC3=O)C4=O)c2C)-n2c(C)nnc21. The van der Waals surface area contributed by atoms with Crippen molar-refractivity contribution in [3.05, 3.63) is 97.4 Å². The minimum absolute atomic E-state index is 0.0259. The second kappa shape index (κ2) is 15.2. The van der Waals surface area contributed by atoms with Crippen LogP contribution in [0.15, 0.2) is 47.5 Å². The van der Waals surface area contributed by atoms with E-state index in [1.807, 2.05) is 36.6 Å². The van der Waals surface area contributed by atoms with Crippen molar-refractivity contribution >= 4 is 64.0 Å². The number of carbonyl (C=O) groups is 6. The van der Waals surface area contributed by atoms with Gasteiger partial charge in [-0.15, -0.1) is 21.5 Å². The fraction of sp³-hybridized carbons (Fsp3) is 0.359. The molecule has 0 bridgehead atoms. The monoisotopic (exact) mass is 767 g/mol. The molecule has 2 aromatic heterocycles. The highest BCUT2D eigenvalue weighted by molar-refractivity contribution is 7.17. The molecule has 3 aliphatic rings. The predicted octanol–water partition coefficient (Wildman–Crippen LogP) is 5.40. The zero-order valence-corrected chi connectivity index (χ0v) is 31.6. The molecular formula is C39H38ClN7O6S. The van der Waals surface area contributed by atoms with Crippen LogP contribution in [0.4, 0.5) is 0 Å². The molecule has 2 N–H and O–H groups in total. The molecular weight excluding hydrogens is 730 g/mol. The summed E-state index contributed by atoms with van der Waals surface area (Å²) in [6.07, 6.45) is 4.08. The number of amides is 5. The molecule has 0 radical (unpaired) electrons. The van der Waals surface area contributed by atoms with E-state index in [0.29, 0.717) is 45.8 Å². The van der Waals surface area contributed by atoms with Crippen LogP contribution in [0.25, 0.3) is 5.00 Å². The first kappa shape index (κ1) is 37.0. The molecule has 2 aromatic carbocycles. The summed E-state index contributed by atoms with van der Waals surface area (Å²) >= 11 is 7.56. The number of aromatic nitrogens is 3. The number of aryl methyl sites for hydroxylation is 2. The van der Waals surface area contributed by atoms with Crippen LogP contribution in [-0.4, -0.2) is 73.3 Å². The highest BCUT2D eigenvalue weighted by atomic mass is 35.5. The Hall–Kier alpha value is -5.34. The molecule has 1 saturated heterocycles. The Balaban J connectivity index is 0.993. The number of aliphatic imine (C=N–C) groups is 1. The summed E-state index contributed by atoms with van der Waals surface area (Å²) < 4.78 is 1.90. The smallest absolute Gasteiger partial charge is 0.262 e. The van der Waals surface area contributed by atoms with Crippen LogP contribution < -0.4 is 10.6 Å². The van der Waals surface area contributed by atoms with Gasteiger partial charge in [-0.25, -0.2) is 0 Å². The van der Waals surface area contributed by atoms with E-state index in [2.05, 4.69) is 20.8 Å². The van der Waals surface area contributed by atoms with Crippen molar-refractivity contribution in [2.75, 3.05) is 6.54 Å². The molecule has 3 aliphatic heterocycles. The zero-order chi connectivity index (χ0) is 38.3. The van der Waals surface area contributed by atoms with E-state index in [1.54, 1.807) is 24.3 Å². The molecule has 0 aliphatic carbocycles. The Kier molecular flexibility index (Phi) is 10.4. The molecule has 1 unspecified atom stereocenters. The number of Topliss-reactive ketones (excluding diaryl/α,β-unsaturated/α-hetero) is 1. The van der Waals surface area contributed by atoms with Crippen molar-refractivity contribution in [2.45, 2.75) is 84.2 Å². The standard InChI is InChI=1S/C39H38ClN7O6S/c1-20(48)19-27-34-45-44-22(3)46(34)39-30(32(42-27)24-12-14-25(40)15-13-24)21(2)33(54-39)36(51)41-18-7-5-4-6-9-23-10-8-11-26-31(23)38(53)47(37(26)52)28-16-17-29(49)43-35(28)50/h8,10-15,27-28H,4-7,9,16-19H2,1-3H3,(H,41,51)(H,43,49,50)/t27-,28?/m0/s1. The normalized spacial score (nSPS) is 17.8. The third-order valence-electron chi connectivity index (χ3n) is 10.0. The molecule has 15 heteroatoms. The number of nitrogens with zero attached hydrogens (tertiary/aromatic N) is 5. The Bertz CT molecular complexity index is 2260. The van der Waals surface area contributed by atoms with Crippen LogP contribution in [0, 0.1) is 13.8 Å². The number of thiophene rings is 1. The summed E-state index contributed by atoms with van der Waals surface area (Å²) in [4.78, 5) is 83.2. The maximum absolute atomic E-state index is 13.7. The van der Waals surface area contributed by atoms with E-state index in [9.17, 15) is 28.8 Å². The van der Waals surface area contributed by atoms with Gasteiger partial charge in [-0.3, -0.25) is 48.5 Å². The second-order valence-corrected chi connectivity index (χ2v) is 15.2. The number of hydrogen-bond donors (Lipinski definition) is 2. The molecule has 0 spiro atoms. The van der Waals surface area contributed by atoms with Gasteiger partial charge >= 0.3 is 0 Å². The van der Waals surface area contributed by atoms with Crippen LogP contribution in [-0.2, 0) is 20.8 Å². The molecule has 1 fully saturated rings. The summed E-state index contributed by atoms with van der Waals surface area (Å²) in [6.45, 7) is 5.74. The topological polar surface area (TPSA) is 173 Å². The van der Waals surface area contributed by atoms with Gasteiger partial charge in [0.2, 0.25) is 11.8 Å². The first-order chi connectivity index (χ1) is 25.9. The maximum Gasteiger partial charge on any atom is 0.262 e. The van der Waals surface area contributed by atoms with Crippen LogP contribution >= 0.6 is 22.9 Å². The number of rotatable bonds is 12. The largest absolute Gasteiger partial charge is 0.351 e. The highest BCUT2D eigenvalue weighted by Crippen LogP contribution is 2.40. The van der Waals surface area contributed by atoms with E-state index < -0.39 is 35.7 Å². The maximum atomic E-state index is 13.7. The first-order valence-electron chi connectivity index (χ1n) is 18.0. The van der Waals surface area contributed by atoms with Gasteiger partial charge in [0.05, 0.1) is 21.7 Å². The molecule has 5 amide bonds. The number of piperidine rings is 1. The molecule has 13 nitrogen and oxygen atoms in total. The third-order valence-corrected chi connectivity index (χ3v) is 11.5. The summed E-state index contributed by atoms with van der Waals surface area (Å²) in [6, 6.07) is 11.0. The van der Waals surface area contributed by atoms with Crippen molar-refractivity contribution in [3.63, 3.8) is 0 Å². The van der Waals surface area contributed by atoms with Gasteiger partial charge in [-0.2, -0.15) is 0 Å². The summed E-state index contributed by atoms with van der Waals surface area (Å²) in [5, 5.41) is 15.4. The van der Waals surface area contributed by atoms with E-state index in [1.165, 1.54) is 18.3 Å². The van der Waals surface area contributed by atoms with Gasteiger partial charge < -0.3 is 5.32 Å². The number of halogens is 1. The Labute approximate surface area is 320 Å². The number of hydrogen-bond acceptors (Lipinski definition) is 10. The number of ketones is 1. The van der Waals surface area contributed by atoms with E-state index >= 15 is 0 Å². The molecule has 5 heterocycles. The zero-order valence-electron chi connectivity index (χ0n) is 30.0. The van der Waals surface area contributed by atoms with Crippen LogP contribution in [0.5, 0.6) is 0 Å². The summed E-state index contributed by atoms with van der Waals surface area (Å²) in [5.74, 6) is -1.10. The number of unbranched alkanes of at least 4 members (excludes halogenated alkanes) is 3. The van der Waals surface area contributed by atoms with Crippen LogP contribution in [0.2, 0.25) is 5.02 Å². The van der Waals surface area contributed by atoms with Gasteiger partial charge in [0.1, 0.15) is 28.7 Å². The van der Waals surface area contributed by atoms with Gasteiger partial charge in [-0.1, -0.05) is 48.7 Å². The second-order valence-electron chi connectivity index (χ2n) is 13.8. The van der Waals surface area contributed by atoms with Gasteiger partial charge in [-0.05, 0) is 75.8 Å². The molecule has 2 atom stereocenters. The average molecular weight is 768 g/mol. The lowest BCUT2D eigenvalue weighted by Gasteiger charge is -2.27. The summed E-state index contributed by atoms with van der Waals surface area (Å²) in [5.41, 5.74) is 4.38.